The molecule has 2 N–H and O–H groups in total. The van der Waals surface area contributed by atoms with Crippen LogP contribution in [0.2, 0.25) is 0 Å². The zero-order chi connectivity index (χ0) is 26.7. The van der Waals surface area contributed by atoms with E-state index in [9.17, 15) is 27.2 Å². The van der Waals surface area contributed by atoms with Gasteiger partial charge in [-0.1, -0.05) is 39.0 Å². The Morgan fingerprint density at radius 1 is 1.08 bits per heavy atom. The smallest absolute Gasteiger partial charge is 0.494 e. The molecule has 0 aliphatic rings. The fourth-order valence-corrected chi connectivity index (χ4v) is 3.59. The summed E-state index contributed by atoms with van der Waals surface area (Å²) in [5.74, 6) is -1.40. The molecule has 0 aliphatic heterocycles. The molecule has 11 heteroatoms. The van der Waals surface area contributed by atoms with Gasteiger partial charge in [0.25, 0.3) is 11.5 Å². The summed E-state index contributed by atoms with van der Waals surface area (Å²) in [6, 6.07) is 9.86. The van der Waals surface area contributed by atoms with Crippen molar-refractivity contribution >= 4 is 5.91 Å². The zero-order valence-electron chi connectivity index (χ0n) is 20.0. The molecule has 0 unspecified atom stereocenters. The Morgan fingerprint density at radius 2 is 1.75 bits per heavy atom. The molecule has 7 nitrogen and oxygen atoms in total. The Bertz CT molecular complexity index is 1280. The molecule has 192 valence electrons. The second-order valence-corrected chi connectivity index (χ2v) is 9.11. The maximum absolute atomic E-state index is 14.0. The van der Waals surface area contributed by atoms with Gasteiger partial charge in [-0.25, -0.2) is 9.37 Å². The van der Waals surface area contributed by atoms with Gasteiger partial charge in [-0.15, -0.1) is 13.2 Å². The fourth-order valence-electron chi connectivity index (χ4n) is 3.59. The van der Waals surface area contributed by atoms with Gasteiger partial charge >= 0.3 is 6.36 Å². The van der Waals surface area contributed by atoms with E-state index in [2.05, 4.69) is 20.0 Å². The summed E-state index contributed by atoms with van der Waals surface area (Å²) in [5, 5.41) is 2.81. The monoisotopic (exact) mass is 507 g/mol. The predicted molar refractivity (Wildman–Crippen MR) is 123 cm³/mol. The van der Waals surface area contributed by atoms with Crippen LogP contribution in [0.4, 0.5) is 17.6 Å². The van der Waals surface area contributed by atoms with Gasteiger partial charge in [-0.05, 0) is 40.8 Å². The van der Waals surface area contributed by atoms with Gasteiger partial charge in [0.05, 0.1) is 13.2 Å². The number of alkyl halides is 3. The van der Waals surface area contributed by atoms with E-state index < -0.39 is 35.1 Å². The minimum absolute atomic E-state index is 0.0562. The largest absolute Gasteiger partial charge is 0.573 e. The van der Waals surface area contributed by atoms with Crippen molar-refractivity contribution < 1.29 is 31.8 Å². The number of nitrogens with zero attached hydrogens (tertiary/aromatic N) is 1. The Morgan fingerprint density at radius 3 is 2.31 bits per heavy atom. The number of aromatic amines is 1. The second-order valence-electron chi connectivity index (χ2n) is 9.11. The molecule has 0 radical (unpaired) electrons. The number of benzene rings is 2. The first-order valence-electron chi connectivity index (χ1n) is 10.8. The lowest BCUT2D eigenvalue weighted by Crippen LogP contribution is -2.37. The molecule has 0 spiro atoms. The summed E-state index contributed by atoms with van der Waals surface area (Å²) in [6.45, 7) is 5.52. The van der Waals surface area contributed by atoms with Crippen molar-refractivity contribution in [3.63, 3.8) is 0 Å². The average Bonchev–Trinajstić information content (AvgIpc) is 2.76. The average molecular weight is 507 g/mol. The number of nitrogens with one attached hydrogen (secondary N) is 2. The Kier molecular flexibility index (Phi) is 7.71. The van der Waals surface area contributed by atoms with E-state index in [1.54, 1.807) is 6.07 Å². The highest BCUT2D eigenvalue weighted by molar-refractivity contribution is 5.92. The lowest BCUT2D eigenvalue weighted by atomic mass is 9.82. The molecule has 3 rings (SSSR count). The number of carbonyl (C=O) groups excluding carboxylic acids is 1. The third-order valence-corrected chi connectivity index (χ3v) is 5.20. The van der Waals surface area contributed by atoms with E-state index in [4.69, 9.17) is 4.74 Å². The first kappa shape index (κ1) is 26.7. The quantitative estimate of drug-likeness (QED) is 0.443. The standard InChI is InChI=1S/C25H25F4N3O4/c1-24(2,3)22(15-6-8-16(9-7-15)36-25(27,28)29)32-23(34)18-13-21(33)31-20(30-18)12-14-5-10-19(35-4)17(26)11-14/h5-11,13,22H,12H2,1-4H3,(H,32,34)(H,30,31,33)/t22-/m0/s1. The number of methoxy groups -OCH3 is 1. The molecule has 1 amide bonds. The normalized spacial score (nSPS) is 12.7. The topological polar surface area (TPSA) is 93.3 Å². The van der Waals surface area contributed by atoms with E-state index in [-0.39, 0.29) is 29.4 Å². The van der Waals surface area contributed by atoms with Crippen LogP contribution < -0.4 is 20.3 Å². The summed E-state index contributed by atoms with van der Waals surface area (Å²) < 4.78 is 60.2. The molecule has 1 aromatic heterocycles. The summed E-state index contributed by atoms with van der Waals surface area (Å²) in [6.07, 6.45) is -4.76. The maximum atomic E-state index is 14.0. The summed E-state index contributed by atoms with van der Waals surface area (Å²) >= 11 is 0. The van der Waals surface area contributed by atoms with E-state index >= 15 is 0 Å². The first-order chi connectivity index (χ1) is 16.7. The second kappa shape index (κ2) is 10.4. The van der Waals surface area contributed by atoms with Gasteiger partial charge in [0, 0.05) is 12.5 Å². The number of hydrogen-bond donors (Lipinski definition) is 2. The number of hydrogen-bond acceptors (Lipinski definition) is 5. The molecular formula is C25H25F4N3O4. The van der Waals surface area contributed by atoms with Crippen LogP contribution in [0.5, 0.6) is 11.5 Å². The number of rotatable bonds is 7. The van der Waals surface area contributed by atoms with Crippen LogP contribution in [0.15, 0.2) is 53.3 Å². The molecule has 0 fully saturated rings. The van der Waals surface area contributed by atoms with Crippen molar-refractivity contribution in [2.45, 2.75) is 39.6 Å². The molecule has 1 atom stereocenters. The highest BCUT2D eigenvalue weighted by atomic mass is 19.4. The fraction of sp³-hybridized carbons (Fsp3) is 0.320. The van der Waals surface area contributed by atoms with Crippen molar-refractivity contribution in [2.75, 3.05) is 7.11 Å². The van der Waals surface area contributed by atoms with Crippen LogP contribution in [-0.2, 0) is 6.42 Å². The predicted octanol–water partition coefficient (Wildman–Crippen LogP) is 4.92. The van der Waals surface area contributed by atoms with Crippen LogP contribution in [0.3, 0.4) is 0 Å². The number of ether oxygens (including phenoxy) is 2. The summed E-state index contributed by atoms with van der Waals surface area (Å²) in [7, 11) is 1.34. The van der Waals surface area contributed by atoms with Gasteiger partial charge < -0.3 is 19.8 Å². The van der Waals surface area contributed by atoms with Crippen LogP contribution in [-0.4, -0.2) is 29.3 Å². The van der Waals surface area contributed by atoms with E-state index in [0.717, 1.165) is 18.2 Å². The highest BCUT2D eigenvalue weighted by Gasteiger charge is 2.32. The molecule has 36 heavy (non-hydrogen) atoms. The van der Waals surface area contributed by atoms with Crippen LogP contribution in [0.1, 0.15) is 54.3 Å². The number of amides is 1. The third-order valence-electron chi connectivity index (χ3n) is 5.20. The summed E-state index contributed by atoms with van der Waals surface area (Å²) in [5.41, 5.74) is -0.242. The van der Waals surface area contributed by atoms with E-state index in [0.29, 0.717) is 11.1 Å². The molecule has 0 saturated carbocycles. The van der Waals surface area contributed by atoms with Crippen molar-refractivity contribution in [1.29, 1.82) is 0 Å². The number of aromatic nitrogens is 2. The van der Waals surface area contributed by atoms with Gasteiger partial charge in [-0.2, -0.15) is 0 Å². The molecule has 1 heterocycles. The zero-order valence-corrected chi connectivity index (χ0v) is 20.0. The number of H-pyrrole nitrogens is 1. The Hall–Kier alpha value is -3.89. The summed E-state index contributed by atoms with van der Waals surface area (Å²) in [4.78, 5) is 32.0. The van der Waals surface area contributed by atoms with Crippen molar-refractivity contribution in [3.8, 4) is 11.5 Å². The minimum atomic E-state index is -4.82. The minimum Gasteiger partial charge on any atom is -0.494 e. The Balaban J connectivity index is 1.83. The van der Waals surface area contributed by atoms with Crippen molar-refractivity contribution in [2.24, 2.45) is 5.41 Å². The SMILES string of the molecule is COc1ccc(Cc2nc(C(=O)N[C@@H](c3ccc(OC(F)(F)F)cc3)C(C)(C)C)cc(=O)[nH]2)cc1F. The van der Waals surface area contributed by atoms with Gasteiger partial charge in [-0.3, -0.25) is 9.59 Å². The van der Waals surface area contributed by atoms with Crippen LogP contribution in [0.25, 0.3) is 0 Å². The molecule has 2 aromatic carbocycles. The van der Waals surface area contributed by atoms with Gasteiger partial charge in [0.1, 0.15) is 17.3 Å². The maximum Gasteiger partial charge on any atom is 0.573 e. The molecule has 3 aromatic rings. The van der Waals surface area contributed by atoms with Crippen molar-refractivity contribution in [3.05, 3.63) is 87.3 Å². The van der Waals surface area contributed by atoms with E-state index in [1.165, 1.54) is 31.4 Å². The lowest BCUT2D eigenvalue weighted by Gasteiger charge is -2.32. The van der Waals surface area contributed by atoms with Gasteiger partial charge in [0.15, 0.2) is 11.6 Å². The molecule has 0 aliphatic carbocycles. The van der Waals surface area contributed by atoms with Gasteiger partial charge in [0.2, 0.25) is 0 Å². The molecular weight excluding hydrogens is 482 g/mol. The molecule has 0 saturated heterocycles. The van der Waals surface area contributed by atoms with Crippen LogP contribution >= 0.6 is 0 Å². The first-order valence-corrected chi connectivity index (χ1v) is 10.8. The lowest BCUT2D eigenvalue weighted by molar-refractivity contribution is -0.274. The van der Waals surface area contributed by atoms with E-state index in [1.807, 2.05) is 20.8 Å². The Labute approximate surface area is 204 Å². The van der Waals surface area contributed by atoms with Crippen molar-refractivity contribution in [1.82, 2.24) is 15.3 Å². The number of halogens is 4. The van der Waals surface area contributed by atoms with Crippen LogP contribution in [0, 0.1) is 11.2 Å². The molecule has 0 bridgehead atoms. The number of carbonyl (C=O) groups is 1. The third kappa shape index (κ3) is 7.06. The highest BCUT2D eigenvalue weighted by Crippen LogP contribution is 2.34.